The highest BCUT2D eigenvalue weighted by Gasteiger charge is 2.18. The Hall–Kier alpha value is -1.09. The van der Waals surface area contributed by atoms with Gasteiger partial charge in [0.2, 0.25) is 0 Å². The minimum Gasteiger partial charge on any atom is -0.370 e. The summed E-state index contributed by atoms with van der Waals surface area (Å²) in [5.41, 5.74) is 6.51. The van der Waals surface area contributed by atoms with Crippen LogP contribution in [0, 0.1) is 5.82 Å². The molecule has 1 aliphatic rings. The summed E-state index contributed by atoms with van der Waals surface area (Å²) in [6.45, 7) is 11.5. The van der Waals surface area contributed by atoms with E-state index < -0.39 is 0 Å². The van der Waals surface area contributed by atoms with Crippen molar-refractivity contribution in [1.29, 1.82) is 0 Å². The fourth-order valence-electron chi connectivity index (χ4n) is 2.84. The number of nitrogens with zero attached hydrogens (tertiary/aromatic N) is 3. The number of benzene rings is 1. The van der Waals surface area contributed by atoms with Gasteiger partial charge in [0.25, 0.3) is 0 Å². The number of halogens is 2. The Morgan fingerprint density at radius 1 is 1.20 bits per heavy atom. The first kappa shape index (κ1) is 22.0. The van der Waals surface area contributed by atoms with Crippen LogP contribution in [-0.4, -0.2) is 55.7 Å². The molecule has 1 fully saturated rings. The molecule has 3 N–H and O–H groups in total. The van der Waals surface area contributed by atoms with Crippen molar-refractivity contribution in [3.8, 4) is 0 Å². The van der Waals surface area contributed by atoms with Crippen LogP contribution >= 0.6 is 24.0 Å². The molecule has 0 bridgehead atoms. The van der Waals surface area contributed by atoms with Crippen molar-refractivity contribution in [2.24, 2.45) is 10.7 Å². The number of rotatable bonds is 5. The zero-order valence-electron chi connectivity index (χ0n) is 15.5. The van der Waals surface area contributed by atoms with Gasteiger partial charge >= 0.3 is 0 Å². The van der Waals surface area contributed by atoms with Gasteiger partial charge in [0.05, 0.1) is 5.69 Å². The van der Waals surface area contributed by atoms with E-state index >= 15 is 0 Å². The molecule has 7 heteroatoms. The second kappa shape index (κ2) is 10.2. The molecule has 0 radical (unpaired) electrons. The molecule has 0 atom stereocenters. The summed E-state index contributed by atoms with van der Waals surface area (Å²) in [6, 6.07) is 7.00. The molecule has 0 unspecified atom stereocenters. The fourth-order valence-corrected chi connectivity index (χ4v) is 2.84. The molecule has 2 rings (SSSR count). The highest BCUT2D eigenvalue weighted by atomic mass is 127. The Morgan fingerprint density at radius 3 is 2.44 bits per heavy atom. The number of anilines is 1. The van der Waals surface area contributed by atoms with E-state index in [9.17, 15) is 4.39 Å². The Kier molecular flexibility index (Phi) is 8.92. The maximum atomic E-state index is 13.8. The molecule has 1 aromatic carbocycles. The van der Waals surface area contributed by atoms with Gasteiger partial charge in [-0.25, -0.2) is 4.39 Å². The third-order valence-corrected chi connectivity index (χ3v) is 3.98. The second-order valence-corrected chi connectivity index (χ2v) is 7.28. The van der Waals surface area contributed by atoms with Gasteiger partial charge in [-0.2, -0.15) is 0 Å². The monoisotopic (exact) mass is 463 g/mol. The Morgan fingerprint density at radius 2 is 1.84 bits per heavy atom. The van der Waals surface area contributed by atoms with Crippen molar-refractivity contribution in [1.82, 2.24) is 10.2 Å². The summed E-state index contributed by atoms with van der Waals surface area (Å²) in [4.78, 5) is 8.89. The number of nitrogens with two attached hydrogens (primary N) is 1. The molecule has 0 amide bonds. The largest absolute Gasteiger partial charge is 0.370 e. The van der Waals surface area contributed by atoms with Gasteiger partial charge in [0, 0.05) is 44.8 Å². The molecule has 5 nitrogen and oxygen atoms in total. The molecule has 0 aromatic heterocycles. The average Bonchev–Trinajstić information content (AvgIpc) is 2.51. The van der Waals surface area contributed by atoms with Crippen LogP contribution in [0.2, 0.25) is 0 Å². The summed E-state index contributed by atoms with van der Waals surface area (Å²) < 4.78 is 13.8. The van der Waals surface area contributed by atoms with Crippen molar-refractivity contribution in [3.63, 3.8) is 0 Å². The smallest absolute Gasteiger partial charge is 0.188 e. The molecular formula is C18H31FIN5. The number of para-hydroxylation sites is 1. The fraction of sp³-hybridized carbons (Fsp3) is 0.611. The van der Waals surface area contributed by atoms with Crippen molar-refractivity contribution < 1.29 is 4.39 Å². The van der Waals surface area contributed by atoms with Crippen LogP contribution in [0.4, 0.5) is 10.1 Å². The van der Waals surface area contributed by atoms with E-state index in [1.807, 2.05) is 12.1 Å². The van der Waals surface area contributed by atoms with E-state index in [1.54, 1.807) is 6.07 Å². The second-order valence-electron chi connectivity index (χ2n) is 7.28. The topological polar surface area (TPSA) is 56.9 Å². The molecule has 0 saturated carbocycles. The summed E-state index contributed by atoms with van der Waals surface area (Å²) in [7, 11) is 0. The maximum Gasteiger partial charge on any atom is 0.188 e. The van der Waals surface area contributed by atoms with Crippen LogP contribution in [0.15, 0.2) is 29.3 Å². The van der Waals surface area contributed by atoms with Crippen molar-refractivity contribution in [2.75, 3.05) is 44.2 Å². The van der Waals surface area contributed by atoms with Crippen LogP contribution < -0.4 is 16.0 Å². The van der Waals surface area contributed by atoms with E-state index in [4.69, 9.17) is 5.73 Å². The van der Waals surface area contributed by atoms with Crippen molar-refractivity contribution in [3.05, 3.63) is 30.1 Å². The van der Waals surface area contributed by atoms with E-state index in [2.05, 4.69) is 40.9 Å². The molecule has 1 heterocycles. The molecule has 0 spiro atoms. The van der Waals surface area contributed by atoms with E-state index in [-0.39, 0.29) is 35.3 Å². The molecule has 1 saturated heterocycles. The third kappa shape index (κ3) is 7.77. The van der Waals surface area contributed by atoms with Crippen molar-refractivity contribution in [2.45, 2.75) is 32.7 Å². The zero-order chi connectivity index (χ0) is 17.6. The number of hydrogen-bond donors (Lipinski definition) is 2. The number of aliphatic imine (C=N–C) groups is 1. The number of nitrogens with one attached hydrogen (secondary N) is 1. The predicted molar refractivity (Wildman–Crippen MR) is 114 cm³/mol. The van der Waals surface area contributed by atoms with Gasteiger partial charge in [0.1, 0.15) is 5.82 Å². The maximum absolute atomic E-state index is 13.8. The highest BCUT2D eigenvalue weighted by Crippen LogP contribution is 2.20. The lowest BCUT2D eigenvalue weighted by Gasteiger charge is -2.36. The summed E-state index contributed by atoms with van der Waals surface area (Å²) in [6.07, 6.45) is 0.978. The third-order valence-electron chi connectivity index (χ3n) is 3.98. The Labute approximate surface area is 167 Å². The summed E-state index contributed by atoms with van der Waals surface area (Å²) >= 11 is 0. The van der Waals surface area contributed by atoms with Gasteiger partial charge in [-0.1, -0.05) is 12.1 Å². The lowest BCUT2D eigenvalue weighted by Crippen LogP contribution is -2.47. The first-order valence-corrected chi connectivity index (χ1v) is 8.65. The van der Waals surface area contributed by atoms with Crippen LogP contribution in [0.25, 0.3) is 0 Å². The van der Waals surface area contributed by atoms with E-state index in [0.717, 1.165) is 45.7 Å². The molecule has 1 aliphatic heterocycles. The first-order chi connectivity index (χ1) is 11.3. The number of guanidine groups is 1. The summed E-state index contributed by atoms with van der Waals surface area (Å²) in [5, 5.41) is 3.16. The quantitative estimate of drug-likeness (QED) is 0.305. The van der Waals surface area contributed by atoms with Gasteiger partial charge in [0.15, 0.2) is 5.96 Å². The lowest BCUT2D eigenvalue weighted by atomic mass is 10.1. The van der Waals surface area contributed by atoms with Gasteiger partial charge < -0.3 is 16.0 Å². The summed E-state index contributed by atoms with van der Waals surface area (Å²) in [5.74, 6) is 0.369. The molecule has 1 aromatic rings. The number of hydrogen-bond acceptors (Lipinski definition) is 3. The van der Waals surface area contributed by atoms with Crippen LogP contribution in [0.1, 0.15) is 27.2 Å². The van der Waals surface area contributed by atoms with Crippen molar-refractivity contribution >= 4 is 35.6 Å². The highest BCUT2D eigenvalue weighted by molar-refractivity contribution is 14.0. The van der Waals surface area contributed by atoms with Gasteiger partial charge in [-0.3, -0.25) is 9.89 Å². The van der Waals surface area contributed by atoms with Gasteiger partial charge in [-0.05, 0) is 39.3 Å². The van der Waals surface area contributed by atoms with Crippen LogP contribution in [-0.2, 0) is 0 Å². The van der Waals surface area contributed by atoms with E-state index in [1.165, 1.54) is 6.07 Å². The zero-order valence-corrected chi connectivity index (χ0v) is 17.8. The standard InChI is InChI=1S/C18H30FN5.HI/c1-18(2,3)22-17(20)21-9-6-10-23-11-13-24(14-12-23)16-8-5-4-7-15(16)19;/h4-5,7-8H,6,9-14H2,1-3H3,(H3,20,21,22);1H. The predicted octanol–water partition coefficient (Wildman–Crippen LogP) is 2.66. The minimum absolute atomic E-state index is 0. The van der Waals surface area contributed by atoms with E-state index in [0.29, 0.717) is 11.6 Å². The van der Waals surface area contributed by atoms with Crippen LogP contribution in [0.3, 0.4) is 0 Å². The normalized spacial score (nSPS) is 16.5. The van der Waals surface area contributed by atoms with Gasteiger partial charge in [-0.15, -0.1) is 24.0 Å². The molecular weight excluding hydrogens is 432 g/mol. The first-order valence-electron chi connectivity index (χ1n) is 8.65. The number of piperazine rings is 1. The SMILES string of the molecule is CC(C)(C)NC(N)=NCCCN1CCN(c2ccccc2F)CC1.I. The molecule has 142 valence electrons. The lowest BCUT2D eigenvalue weighted by molar-refractivity contribution is 0.256. The average molecular weight is 463 g/mol. The minimum atomic E-state index is -0.137. The molecule has 0 aliphatic carbocycles. The Balaban J connectivity index is 0.00000312. The van der Waals surface area contributed by atoms with Crippen LogP contribution in [0.5, 0.6) is 0 Å². The Bertz CT molecular complexity index is 551. The molecule has 25 heavy (non-hydrogen) atoms.